The zero-order valence-corrected chi connectivity index (χ0v) is 17.0. The lowest BCUT2D eigenvalue weighted by molar-refractivity contribution is 0.102. The maximum absolute atomic E-state index is 13.4. The molecule has 0 bridgehead atoms. The van der Waals surface area contributed by atoms with E-state index in [0.717, 1.165) is 15.6 Å². The number of aryl methyl sites for hydroxylation is 1. The van der Waals surface area contributed by atoms with E-state index >= 15 is 0 Å². The van der Waals surface area contributed by atoms with Gasteiger partial charge < -0.3 is 5.32 Å². The molecule has 1 N–H and O–H groups in total. The molecule has 2 heterocycles. The van der Waals surface area contributed by atoms with E-state index < -0.39 is 0 Å². The van der Waals surface area contributed by atoms with Crippen LogP contribution in [-0.4, -0.2) is 20.7 Å². The van der Waals surface area contributed by atoms with Gasteiger partial charge in [-0.15, -0.1) is 0 Å². The highest BCUT2D eigenvalue weighted by Crippen LogP contribution is 2.25. The first-order chi connectivity index (χ1) is 14.0. The van der Waals surface area contributed by atoms with Crippen LogP contribution in [0.4, 0.5) is 10.1 Å². The zero-order chi connectivity index (χ0) is 20.4. The second kappa shape index (κ2) is 7.97. The van der Waals surface area contributed by atoms with E-state index in [1.165, 1.54) is 12.1 Å². The van der Waals surface area contributed by atoms with Crippen molar-refractivity contribution in [1.82, 2.24) is 14.8 Å². The number of hydrogen-bond donors (Lipinski definition) is 1. The van der Waals surface area contributed by atoms with Gasteiger partial charge in [0, 0.05) is 28.1 Å². The topological polar surface area (TPSA) is 59.8 Å². The third-order valence-corrected chi connectivity index (χ3v) is 5.28. The summed E-state index contributed by atoms with van der Waals surface area (Å²) in [5.41, 5.74) is 4.05. The van der Waals surface area contributed by atoms with Gasteiger partial charge in [-0.1, -0.05) is 15.9 Å². The van der Waals surface area contributed by atoms with Crippen molar-refractivity contribution in [2.45, 2.75) is 6.92 Å². The molecule has 1 amide bonds. The minimum atomic E-state index is -0.340. The first-order valence-corrected chi connectivity index (χ1v) is 9.64. The molecule has 0 aliphatic heterocycles. The van der Waals surface area contributed by atoms with Crippen LogP contribution in [0.2, 0.25) is 0 Å². The highest BCUT2D eigenvalue weighted by Gasteiger charge is 2.17. The van der Waals surface area contributed by atoms with Crippen LogP contribution in [0, 0.1) is 12.7 Å². The summed E-state index contributed by atoms with van der Waals surface area (Å²) in [7, 11) is 0. The molecule has 2 aromatic carbocycles. The van der Waals surface area contributed by atoms with Gasteiger partial charge in [-0.05, 0) is 73.2 Å². The third-order valence-electron chi connectivity index (χ3n) is 4.39. The first-order valence-electron chi connectivity index (χ1n) is 8.85. The highest BCUT2D eigenvalue weighted by atomic mass is 79.9. The Bertz CT molecular complexity index is 1170. The molecule has 2 aromatic heterocycles. The van der Waals surface area contributed by atoms with Crippen molar-refractivity contribution >= 4 is 27.5 Å². The normalized spacial score (nSPS) is 10.7. The molecular formula is C22H16BrFN4O. The van der Waals surface area contributed by atoms with Gasteiger partial charge in [-0.3, -0.25) is 9.78 Å². The monoisotopic (exact) mass is 450 g/mol. The first kappa shape index (κ1) is 19.0. The Hall–Kier alpha value is -3.32. The van der Waals surface area contributed by atoms with E-state index in [-0.39, 0.29) is 17.4 Å². The molecule has 0 fully saturated rings. The molecular weight excluding hydrogens is 435 g/mol. The second-order valence-corrected chi connectivity index (χ2v) is 7.32. The quantitative estimate of drug-likeness (QED) is 0.452. The summed E-state index contributed by atoms with van der Waals surface area (Å²) in [6, 6.07) is 16.9. The van der Waals surface area contributed by atoms with E-state index in [4.69, 9.17) is 0 Å². The van der Waals surface area contributed by atoms with Crippen LogP contribution in [-0.2, 0) is 0 Å². The molecule has 7 heteroatoms. The summed E-state index contributed by atoms with van der Waals surface area (Å²) in [4.78, 5) is 17.0. The Morgan fingerprint density at radius 2 is 1.90 bits per heavy atom. The van der Waals surface area contributed by atoms with Crippen LogP contribution in [0.15, 0.2) is 77.5 Å². The summed E-state index contributed by atoms with van der Waals surface area (Å²) in [6.45, 7) is 1.95. The molecule has 29 heavy (non-hydrogen) atoms. The number of carbonyl (C=O) groups is 1. The molecule has 0 spiro atoms. The Balaban J connectivity index is 1.73. The minimum Gasteiger partial charge on any atom is -0.321 e. The van der Waals surface area contributed by atoms with Gasteiger partial charge in [-0.25, -0.2) is 9.07 Å². The molecule has 0 atom stereocenters. The number of amides is 1. The van der Waals surface area contributed by atoms with Crippen molar-refractivity contribution < 1.29 is 9.18 Å². The number of hydrogen-bond acceptors (Lipinski definition) is 3. The predicted octanol–water partition coefficient (Wildman–Crippen LogP) is 5.40. The van der Waals surface area contributed by atoms with E-state index in [1.807, 2.05) is 37.3 Å². The van der Waals surface area contributed by atoms with Crippen LogP contribution >= 0.6 is 15.9 Å². The number of benzene rings is 2. The molecule has 0 saturated carbocycles. The largest absolute Gasteiger partial charge is 0.321 e. The number of anilines is 1. The summed E-state index contributed by atoms with van der Waals surface area (Å²) in [6.07, 6.45) is 3.36. The molecule has 0 radical (unpaired) electrons. The number of halogens is 2. The number of aromatic nitrogens is 3. The molecule has 144 valence electrons. The fourth-order valence-electron chi connectivity index (χ4n) is 2.91. The molecule has 0 aliphatic carbocycles. The molecule has 5 nitrogen and oxygen atoms in total. The molecule has 0 saturated heterocycles. The van der Waals surface area contributed by atoms with Gasteiger partial charge in [0.05, 0.1) is 11.4 Å². The lowest BCUT2D eigenvalue weighted by Gasteiger charge is -2.07. The summed E-state index contributed by atoms with van der Waals surface area (Å²) < 4.78 is 15.9. The van der Waals surface area contributed by atoms with Crippen molar-refractivity contribution in [2.75, 3.05) is 5.32 Å². The Labute approximate surface area is 175 Å². The minimum absolute atomic E-state index is 0.244. The Morgan fingerprint density at radius 3 is 2.59 bits per heavy atom. The fraction of sp³-hybridized carbons (Fsp3) is 0.0455. The number of rotatable bonds is 4. The SMILES string of the molecule is Cc1cc(NC(=O)c2cc(-c3cccnc3)n(-c3ccc(F)cc3)n2)ccc1Br. The number of nitrogens with one attached hydrogen (secondary N) is 1. The number of nitrogens with zero attached hydrogens (tertiary/aromatic N) is 3. The maximum atomic E-state index is 13.4. The number of pyridine rings is 1. The van der Waals surface area contributed by atoms with Gasteiger partial charge in [0.15, 0.2) is 5.69 Å². The van der Waals surface area contributed by atoms with Crippen molar-refractivity contribution in [3.05, 3.63) is 94.6 Å². The summed E-state index contributed by atoms with van der Waals surface area (Å²) in [5.74, 6) is -0.676. The van der Waals surface area contributed by atoms with Gasteiger partial charge in [0.25, 0.3) is 5.91 Å². The van der Waals surface area contributed by atoms with E-state index in [0.29, 0.717) is 17.1 Å². The average Bonchev–Trinajstić information content (AvgIpc) is 3.18. The maximum Gasteiger partial charge on any atom is 0.276 e. The van der Waals surface area contributed by atoms with Crippen molar-refractivity contribution in [3.63, 3.8) is 0 Å². The fourth-order valence-corrected chi connectivity index (χ4v) is 3.16. The van der Waals surface area contributed by atoms with Crippen molar-refractivity contribution in [3.8, 4) is 16.9 Å². The van der Waals surface area contributed by atoms with E-state index in [1.54, 1.807) is 35.3 Å². The smallest absolute Gasteiger partial charge is 0.276 e. The second-order valence-electron chi connectivity index (χ2n) is 6.46. The molecule has 4 aromatic rings. The average molecular weight is 451 g/mol. The number of carbonyl (C=O) groups excluding carboxylic acids is 1. The lowest BCUT2D eigenvalue weighted by atomic mass is 10.2. The van der Waals surface area contributed by atoms with Crippen molar-refractivity contribution in [1.29, 1.82) is 0 Å². The standard InChI is InChI=1S/C22H16BrFN4O/c1-14-11-17(6-9-19(14)23)26-22(29)20-12-21(15-3-2-10-25-13-15)28(27-20)18-7-4-16(24)5-8-18/h2-13H,1H3,(H,26,29). The molecule has 4 rings (SSSR count). The predicted molar refractivity (Wildman–Crippen MR) is 114 cm³/mol. The Kier molecular flexibility index (Phi) is 5.22. The van der Waals surface area contributed by atoms with Crippen LogP contribution in [0.3, 0.4) is 0 Å². The van der Waals surface area contributed by atoms with Gasteiger partial charge in [0.1, 0.15) is 5.82 Å². The van der Waals surface area contributed by atoms with Crippen LogP contribution in [0.25, 0.3) is 16.9 Å². The molecule has 0 unspecified atom stereocenters. The Morgan fingerprint density at radius 1 is 1.10 bits per heavy atom. The van der Waals surface area contributed by atoms with Crippen LogP contribution in [0.1, 0.15) is 16.1 Å². The van der Waals surface area contributed by atoms with Crippen molar-refractivity contribution in [2.24, 2.45) is 0 Å². The summed E-state index contributed by atoms with van der Waals surface area (Å²) >= 11 is 3.45. The molecule has 0 aliphatic rings. The van der Waals surface area contributed by atoms with Crippen LogP contribution in [0.5, 0.6) is 0 Å². The van der Waals surface area contributed by atoms with Gasteiger partial charge in [-0.2, -0.15) is 5.10 Å². The zero-order valence-electron chi connectivity index (χ0n) is 15.4. The van der Waals surface area contributed by atoms with Gasteiger partial charge >= 0.3 is 0 Å². The van der Waals surface area contributed by atoms with E-state index in [2.05, 4.69) is 31.3 Å². The lowest BCUT2D eigenvalue weighted by Crippen LogP contribution is -2.13. The van der Waals surface area contributed by atoms with Crippen LogP contribution < -0.4 is 5.32 Å². The summed E-state index contributed by atoms with van der Waals surface area (Å²) in [5, 5.41) is 7.34. The third kappa shape index (κ3) is 4.09. The highest BCUT2D eigenvalue weighted by molar-refractivity contribution is 9.10. The van der Waals surface area contributed by atoms with E-state index in [9.17, 15) is 9.18 Å². The van der Waals surface area contributed by atoms with Gasteiger partial charge in [0.2, 0.25) is 0 Å².